The monoisotopic (exact) mass is 323 g/mol. The molecule has 0 saturated heterocycles. The molecule has 2 aromatic rings. The summed E-state index contributed by atoms with van der Waals surface area (Å²) in [5.41, 5.74) is 2.08. The standard InChI is InChI=1S/C20H21NO3/c22-19(9-6-15-4-2-1-3-5-15)21-20(10-11-20)16-7-8-17-18(14-16)24-13-12-23-17/h1-5,7-8,14H,6,9-13H2,(H,21,22). The number of hydrogen-bond acceptors (Lipinski definition) is 3. The van der Waals surface area contributed by atoms with Crippen LogP contribution in [0.25, 0.3) is 0 Å². The summed E-state index contributed by atoms with van der Waals surface area (Å²) in [6.07, 6.45) is 3.23. The second-order valence-corrected chi connectivity index (χ2v) is 6.47. The SMILES string of the molecule is O=C(CCc1ccccc1)NC1(c2ccc3c(c2)OCCO3)CC1. The summed E-state index contributed by atoms with van der Waals surface area (Å²) in [4.78, 5) is 12.4. The van der Waals surface area contributed by atoms with E-state index in [0.29, 0.717) is 19.6 Å². The Morgan fingerprint density at radius 2 is 1.75 bits per heavy atom. The molecule has 2 aromatic carbocycles. The normalized spacial score (nSPS) is 17.2. The van der Waals surface area contributed by atoms with E-state index in [-0.39, 0.29) is 11.4 Å². The molecule has 1 heterocycles. The molecular weight excluding hydrogens is 302 g/mol. The van der Waals surface area contributed by atoms with E-state index in [1.54, 1.807) is 0 Å². The summed E-state index contributed by atoms with van der Waals surface area (Å²) in [5, 5.41) is 3.23. The fraction of sp³-hybridized carbons (Fsp3) is 0.350. The molecule has 0 unspecified atom stereocenters. The number of rotatable bonds is 5. The first-order valence-corrected chi connectivity index (χ1v) is 8.50. The van der Waals surface area contributed by atoms with E-state index in [1.807, 2.05) is 36.4 Å². The van der Waals surface area contributed by atoms with E-state index < -0.39 is 0 Å². The molecule has 0 atom stereocenters. The molecule has 0 spiro atoms. The minimum atomic E-state index is -0.219. The maximum Gasteiger partial charge on any atom is 0.221 e. The molecule has 4 heteroatoms. The van der Waals surface area contributed by atoms with Crippen LogP contribution in [-0.4, -0.2) is 19.1 Å². The number of carbonyl (C=O) groups excluding carboxylic acids is 1. The van der Waals surface area contributed by atoms with Crippen molar-refractivity contribution in [1.82, 2.24) is 5.32 Å². The maximum absolute atomic E-state index is 12.4. The van der Waals surface area contributed by atoms with Gasteiger partial charge in [-0.05, 0) is 42.5 Å². The fourth-order valence-corrected chi connectivity index (χ4v) is 3.18. The zero-order valence-electron chi connectivity index (χ0n) is 13.6. The quantitative estimate of drug-likeness (QED) is 0.919. The molecule has 1 aliphatic carbocycles. The summed E-state index contributed by atoms with van der Waals surface area (Å²) in [6, 6.07) is 16.1. The van der Waals surface area contributed by atoms with Crippen molar-refractivity contribution in [2.75, 3.05) is 13.2 Å². The summed E-state index contributed by atoms with van der Waals surface area (Å²) < 4.78 is 11.2. The first-order chi connectivity index (χ1) is 11.8. The number of aryl methyl sites for hydroxylation is 1. The van der Waals surface area contributed by atoms with Crippen molar-refractivity contribution in [2.24, 2.45) is 0 Å². The highest BCUT2D eigenvalue weighted by Gasteiger charge is 2.46. The number of carbonyl (C=O) groups is 1. The average molecular weight is 323 g/mol. The molecule has 24 heavy (non-hydrogen) atoms. The summed E-state index contributed by atoms with van der Waals surface area (Å²) >= 11 is 0. The van der Waals surface area contributed by atoms with Crippen molar-refractivity contribution in [2.45, 2.75) is 31.2 Å². The smallest absolute Gasteiger partial charge is 0.221 e. The first-order valence-electron chi connectivity index (χ1n) is 8.50. The van der Waals surface area contributed by atoms with Crippen molar-refractivity contribution in [3.05, 3.63) is 59.7 Å². The molecule has 1 N–H and O–H groups in total. The minimum absolute atomic E-state index is 0.103. The Morgan fingerprint density at radius 3 is 2.50 bits per heavy atom. The molecule has 124 valence electrons. The second kappa shape index (κ2) is 6.19. The fourth-order valence-electron chi connectivity index (χ4n) is 3.18. The largest absolute Gasteiger partial charge is 0.486 e. The van der Waals surface area contributed by atoms with Crippen LogP contribution in [0.1, 0.15) is 30.4 Å². The van der Waals surface area contributed by atoms with Crippen LogP contribution in [0.5, 0.6) is 11.5 Å². The summed E-state index contributed by atoms with van der Waals surface area (Å²) in [5.74, 6) is 1.67. The molecule has 0 bridgehead atoms. The van der Waals surface area contributed by atoms with Gasteiger partial charge in [0.15, 0.2) is 11.5 Å². The zero-order chi connectivity index (χ0) is 16.4. The van der Waals surface area contributed by atoms with Gasteiger partial charge in [-0.2, -0.15) is 0 Å². The van der Waals surface area contributed by atoms with Crippen LogP contribution in [-0.2, 0) is 16.8 Å². The van der Waals surface area contributed by atoms with Gasteiger partial charge < -0.3 is 14.8 Å². The highest BCUT2D eigenvalue weighted by molar-refractivity contribution is 5.78. The zero-order valence-corrected chi connectivity index (χ0v) is 13.6. The highest BCUT2D eigenvalue weighted by Crippen LogP contribution is 2.47. The van der Waals surface area contributed by atoms with Crippen LogP contribution in [0.15, 0.2) is 48.5 Å². The van der Waals surface area contributed by atoms with Gasteiger partial charge in [-0.25, -0.2) is 0 Å². The number of ether oxygens (including phenoxy) is 2. The van der Waals surface area contributed by atoms with Crippen LogP contribution in [0.2, 0.25) is 0 Å². The van der Waals surface area contributed by atoms with Gasteiger partial charge in [-0.3, -0.25) is 4.79 Å². The van der Waals surface area contributed by atoms with Crippen LogP contribution >= 0.6 is 0 Å². The number of fused-ring (bicyclic) bond motifs is 1. The number of benzene rings is 2. The molecular formula is C20H21NO3. The van der Waals surface area contributed by atoms with Gasteiger partial charge in [0.1, 0.15) is 13.2 Å². The molecule has 1 fully saturated rings. The second-order valence-electron chi connectivity index (χ2n) is 6.47. The molecule has 0 aromatic heterocycles. The molecule has 1 amide bonds. The van der Waals surface area contributed by atoms with Crippen molar-refractivity contribution in [3.63, 3.8) is 0 Å². The maximum atomic E-state index is 12.4. The van der Waals surface area contributed by atoms with Gasteiger partial charge in [0.2, 0.25) is 5.91 Å². The Labute approximate surface area is 141 Å². The Bertz CT molecular complexity index is 738. The molecule has 0 radical (unpaired) electrons. The number of amides is 1. The highest BCUT2D eigenvalue weighted by atomic mass is 16.6. The van der Waals surface area contributed by atoms with E-state index in [9.17, 15) is 4.79 Å². The van der Waals surface area contributed by atoms with E-state index in [4.69, 9.17) is 9.47 Å². The Kier molecular flexibility index (Phi) is 3.89. The lowest BCUT2D eigenvalue weighted by molar-refractivity contribution is -0.122. The summed E-state index contributed by atoms with van der Waals surface area (Å²) in [7, 11) is 0. The summed E-state index contributed by atoms with van der Waals surface area (Å²) in [6.45, 7) is 1.17. The lowest BCUT2D eigenvalue weighted by Crippen LogP contribution is -2.35. The number of hydrogen-bond donors (Lipinski definition) is 1. The van der Waals surface area contributed by atoms with Gasteiger partial charge in [-0.15, -0.1) is 0 Å². The number of nitrogens with one attached hydrogen (secondary N) is 1. The van der Waals surface area contributed by atoms with Crippen molar-refractivity contribution < 1.29 is 14.3 Å². The van der Waals surface area contributed by atoms with Gasteiger partial charge in [0, 0.05) is 6.42 Å². The lowest BCUT2D eigenvalue weighted by Gasteiger charge is -2.22. The van der Waals surface area contributed by atoms with Crippen LogP contribution in [0, 0.1) is 0 Å². The van der Waals surface area contributed by atoms with E-state index in [2.05, 4.69) is 17.4 Å². The van der Waals surface area contributed by atoms with Crippen molar-refractivity contribution in [1.29, 1.82) is 0 Å². The van der Waals surface area contributed by atoms with Gasteiger partial charge in [-0.1, -0.05) is 36.4 Å². The Balaban J connectivity index is 1.41. The average Bonchev–Trinajstić information content (AvgIpc) is 3.41. The van der Waals surface area contributed by atoms with Crippen LogP contribution in [0.3, 0.4) is 0 Å². The van der Waals surface area contributed by atoms with Gasteiger partial charge in [0.25, 0.3) is 0 Å². The third-order valence-electron chi connectivity index (χ3n) is 4.71. The predicted molar refractivity (Wildman–Crippen MR) is 91.2 cm³/mol. The minimum Gasteiger partial charge on any atom is -0.486 e. The molecule has 4 nitrogen and oxygen atoms in total. The van der Waals surface area contributed by atoms with E-state index >= 15 is 0 Å². The predicted octanol–water partition coefficient (Wildman–Crippen LogP) is 3.20. The van der Waals surface area contributed by atoms with Crippen LogP contribution in [0.4, 0.5) is 0 Å². The van der Waals surface area contributed by atoms with Crippen molar-refractivity contribution >= 4 is 5.91 Å². The van der Waals surface area contributed by atoms with E-state index in [0.717, 1.165) is 36.3 Å². The molecule has 2 aliphatic rings. The molecule has 1 aliphatic heterocycles. The molecule has 1 saturated carbocycles. The lowest BCUT2D eigenvalue weighted by atomic mass is 10.0. The Morgan fingerprint density at radius 1 is 1.00 bits per heavy atom. The van der Waals surface area contributed by atoms with Crippen LogP contribution < -0.4 is 14.8 Å². The third-order valence-corrected chi connectivity index (χ3v) is 4.71. The van der Waals surface area contributed by atoms with Crippen molar-refractivity contribution in [3.8, 4) is 11.5 Å². The third kappa shape index (κ3) is 3.09. The molecule has 4 rings (SSSR count). The van der Waals surface area contributed by atoms with Gasteiger partial charge in [0.05, 0.1) is 5.54 Å². The van der Waals surface area contributed by atoms with E-state index in [1.165, 1.54) is 5.56 Å². The Hall–Kier alpha value is -2.49. The van der Waals surface area contributed by atoms with Gasteiger partial charge >= 0.3 is 0 Å². The topological polar surface area (TPSA) is 47.6 Å². The first kappa shape index (κ1) is 15.1.